The first-order valence-corrected chi connectivity index (χ1v) is 6.61. The van der Waals surface area contributed by atoms with Crippen LogP contribution in [0.5, 0.6) is 5.88 Å². The van der Waals surface area contributed by atoms with Crippen molar-refractivity contribution in [2.75, 3.05) is 19.0 Å². The molecule has 1 heterocycles. The van der Waals surface area contributed by atoms with Crippen LogP contribution < -0.4 is 10.1 Å². The van der Waals surface area contributed by atoms with Crippen molar-refractivity contribution < 1.29 is 4.74 Å². The van der Waals surface area contributed by atoms with Gasteiger partial charge in [-0.05, 0) is 12.5 Å². The normalized spacial score (nSPS) is 10.2. The third kappa shape index (κ3) is 6.15. The van der Waals surface area contributed by atoms with Crippen LogP contribution in [-0.4, -0.2) is 18.6 Å². The van der Waals surface area contributed by atoms with Gasteiger partial charge >= 0.3 is 0 Å². The molecule has 0 spiro atoms. The van der Waals surface area contributed by atoms with Crippen LogP contribution in [0.1, 0.15) is 45.4 Å². The SMILES string of the molecule is CCCCCCCCNc1cccc(OC)n1. The quantitative estimate of drug-likeness (QED) is 0.661. The molecule has 0 saturated heterocycles. The highest BCUT2D eigenvalue weighted by atomic mass is 16.5. The standard InChI is InChI=1S/C14H24N2O/c1-3-4-5-6-7-8-12-15-13-10-9-11-14(16-13)17-2/h9-11H,3-8,12H2,1-2H3,(H,15,16). The summed E-state index contributed by atoms with van der Waals surface area (Å²) in [6.45, 7) is 3.24. The van der Waals surface area contributed by atoms with E-state index in [1.165, 1.54) is 38.5 Å². The Bertz CT molecular complexity index is 302. The Morgan fingerprint density at radius 3 is 2.65 bits per heavy atom. The third-order valence-electron chi connectivity index (χ3n) is 2.77. The number of hydrogen-bond acceptors (Lipinski definition) is 3. The minimum atomic E-state index is 0.665. The van der Waals surface area contributed by atoms with E-state index in [0.29, 0.717) is 5.88 Å². The van der Waals surface area contributed by atoms with Crippen LogP contribution in [0, 0.1) is 0 Å². The number of nitrogens with one attached hydrogen (secondary N) is 1. The largest absolute Gasteiger partial charge is 0.481 e. The fourth-order valence-electron chi connectivity index (χ4n) is 1.75. The van der Waals surface area contributed by atoms with E-state index >= 15 is 0 Å². The third-order valence-corrected chi connectivity index (χ3v) is 2.77. The number of rotatable bonds is 9. The number of methoxy groups -OCH3 is 1. The van der Waals surface area contributed by atoms with E-state index in [4.69, 9.17) is 4.74 Å². The van der Waals surface area contributed by atoms with Gasteiger partial charge in [0.15, 0.2) is 0 Å². The fourth-order valence-corrected chi connectivity index (χ4v) is 1.75. The zero-order valence-electron chi connectivity index (χ0n) is 11.0. The highest BCUT2D eigenvalue weighted by Gasteiger charge is 1.96. The van der Waals surface area contributed by atoms with E-state index in [2.05, 4.69) is 17.2 Å². The molecule has 3 heteroatoms. The maximum absolute atomic E-state index is 5.08. The molecule has 0 amide bonds. The highest BCUT2D eigenvalue weighted by Crippen LogP contribution is 2.11. The van der Waals surface area contributed by atoms with E-state index in [1.54, 1.807) is 7.11 Å². The number of hydrogen-bond donors (Lipinski definition) is 1. The maximum Gasteiger partial charge on any atom is 0.214 e. The van der Waals surface area contributed by atoms with Crippen LogP contribution in [-0.2, 0) is 0 Å². The first-order valence-electron chi connectivity index (χ1n) is 6.61. The molecule has 0 fully saturated rings. The molecule has 1 aromatic rings. The van der Waals surface area contributed by atoms with Crippen LogP contribution >= 0.6 is 0 Å². The summed E-state index contributed by atoms with van der Waals surface area (Å²) in [6.07, 6.45) is 7.91. The van der Waals surface area contributed by atoms with Gasteiger partial charge in [0.25, 0.3) is 0 Å². The maximum atomic E-state index is 5.08. The topological polar surface area (TPSA) is 34.1 Å². The first kappa shape index (κ1) is 13.8. The first-order chi connectivity index (χ1) is 8.36. The number of ether oxygens (including phenoxy) is 1. The van der Waals surface area contributed by atoms with Gasteiger partial charge in [-0.2, -0.15) is 4.98 Å². The van der Waals surface area contributed by atoms with Gasteiger partial charge in [-0.1, -0.05) is 45.1 Å². The van der Waals surface area contributed by atoms with Crippen LogP contribution in [0.2, 0.25) is 0 Å². The Labute approximate surface area is 105 Å². The van der Waals surface area contributed by atoms with Crippen molar-refractivity contribution in [2.45, 2.75) is 45.4 Å². The zero-order valence-corrected chi connectivity index (χ0v) is 11.0. The Morgan fingerprint density at radius 2 is 1.88 bits per heavy atom. The smallest absolute Gasteiger partial charge is 0.214 e. The minimum absolute atomic E-state index is 0.665. The minimum Gasteiger partial charge on any atom is -0.481 e. The Hall–Kier alpha value is -1.25. The van der Waals surface area contributed by atoms with Crippen molar-refractivity contribution in [3.63, 3.8) is 0 Å². The van der Waals surface area contributed by atoms with Crippen molar-refractivity contribution in [3.8, 4) is 5.88 Å². The summed E-state index contributed by atoms with van der Waals surface area (Å²) in [6, 6.07) is 5.78. The predicted molar refractivity (Wildman–Crippen MR) is 72.7 cm³/mol. The van der Waals surface area contributed by atoms with E-state index in [-0.39, 0.29) is 0 Å². The van der Waals surface area contributed by atoms with Crippen LogP contribution in [0.25, 0.3) is 0 Å². The molecule has 0 saturated carbocycles. The molecule has 0 aliphatic rings. The average Bonchev–Trinajstić information content (AvgIpc) is 2.38. The zero-order chi connectivity index (χ0) is 12.3. The van der Waals surface area contributed by atoms with Gasteiger partial charge in [0.05, 0.1) is 7.11 Å². The summed E-state index contributed by atoms with van der Waals surface area (Å²) in [5, 5.41) is 3.32. The number of aromatic nitrogens is 1. The molecule has 1 aromatic heterocycles. The molecule has 1 rings (SSSR count). The lowest BCUT2D eigenvalue weighted by Crippen LogP contribution is -2.03. The van der Waals surface area contributed by atoms with Gasteiger partial charge < -0.3 is 10.1 Å². The van der Waals surface area contributed by atoms with E-state index in [9.17, 15) is 0 Å². The molecule has 17 heavy (non-hydrogen) atoms. The molecule has 0 aliphatic heterocycles. The van der Waals surface area contributed by atoms with Crippen molar-refractivity contribution in [3.05, 3.63) is 18.2 Å². The molecule has 0 bridgehead atoms. The van der Waals surface area contributed by atoms with E-state index in [0.717, 1.165) is 12.4 Å². The Morgan fingerprint density at radius 1 is 1.12 bits per heavy atom. The number of pyridine rings is 1. The fraction of sp³-hybridized carbons (Fsp3) is 0.643. The monoisotopic (exact) mass is 236 g/mol. The molecule has 96 valence electrons. The van der Waals surface area contributed by atoms with Gasteiger partial charge in [0.1, 0.15) is 5.82 Å². The summed E-state index contributed by atoms with van der Waals surface area (Å²) in [5.74, 6) is 1.57. The van der Waals surface area contributed by atoms with E-state index in [1.807, 2.05) is 18.2 Å². The molecule has 1 N–H and O–H groups in total. The van der Waals surface area contributed by atoms with Gasteiger partial charge in [0.2, 0.25) is 5.88 Å². The lowest BCUT2D eigenvalue weighted by molar-refractivity contribution is 0.398. The van der Waals surface area contributed by atoms with Gasteiger partial charge in [-0.15, -0.1) is 0 Å². The number of unbranched alkanes of at least 4 members (excludes halogenated alkanes) is 5. The second kappa shape index (κ2) is 8.85. The van der Waals surface area contributed by atoms with Crippen LogP contribution in [0.15, 0.2) is 18.2 Å². The van der Waals surface area contributed by atoms with Crippen molar-refractivity contribution in [1.82, 2.24) is 4.98 Å². The lowest BCUT2D eigenvalue weighted by atomic mass is 10.1. The molecule has 3 nitrogen and oxygen atoms in total. The second-order valence-corrected chi connectivity index (χ2v) is 4.26. The molecule has 0 radical (unpaired) electrons. The summed E-state index contributed by atoms with van der Waals surface area (Å²) in [4.78, 5) is 4.31. The van der Waals surface area contributed by atoms with Crippen LogP contribution in [0.4, 0.5) is 5.82 Å². The number of nitrogens with zero attached hydrogens (tertiary/aromatic N) is 1. The van der Waals surface area contributed by atoms with Gasteiger partial charge in [-0.25, -0.2) is 0 Å². The van der Waals surface area contributed by atoms with Gasteiger partial charge in [-0.3, -0.25) is 0 Å². The summed E-state index contributed by atoms with van der Waals surface area (Å²) >= 11 is 0. The Balaban J connectivity index is 2.09. The molecule has 0 atom stereocenters. The lowest BCUT2D eigenvalue weighted by Gasteiger charge is -2.06. The Kier molecular flexibility index (Phi) is 7.19. The molecule has 0 unspecified atom stereocenters. The van der Waals surface area contributed by atoms with Gasteiger partial charge in [0, 0.05) is 12.6 Å². The molecular weight excluding hydrogens is 212 g/mol. The second-order valence-electron chi connectivity index (χ2n) is 4.26. The van der Waals surface area contributed by atoms with Crippen molar-refractivity contribution in [1.29, 1.82) is 0 Å². The summed E-state index contributed by atoms with van der Waals surface area (Å²) in [5.41, 5.74) is 0. The molecular formula is C14H24N2O. The summed E-state index contributed by atoms with van der Waals surface area (Å²) in [7, 11) is 1.64. The van der Waals surface area contributed by atoms with Crippen LogP contribution in [0.3, 0.4) is 0 Å². The molecule has 0 aliphatic carbocycles. The average molecular weight is 236 g/mol. The predicted octanol–water partition coefficient (Wildman–Crippen LogP) is 3.86. The summed E-state index contributed by atoms with van der Waals surface area (Å²) < 4.78 is 5.08. The highest BCUT2D eigenvalue weighted by molar-refractivity contribution is 5.36. The number of anilines is 1. The van der Waals surface area contributed by atoms with Crippen molar-refractivity contribution in [2.24, 2.45) is 0 Å². The van der Waals surface area contributed by atoms with Crippen molar-refractivity contribution >= 4 is 5.82 Å². The van der Waals surface area contributed by atoms with E-state index < -0.39 is 0 Å². The molecule has 0 aromatic carbocycles.